The minimum absolute atomic E-state index is 0.0164. The number of hydrogen-bond acceptors (Lipinski definition) is 5. The first kappa shape index (κ1) is 19.8. The molecule has 1 aliphatic rings. The summed E-state index contributed by atoms with van der Waals surface area (Å²) in [7, 11) is 0. The molecule has 0 spiro atoms. The van der Waals surface area contributed by atoms with Crippen molar-refractivity contribution in [2.45, 2.75) is 26.4 Å². The lowest BCUT2D eigenvalue weighted by Crippen LogP contribution is -2.47. The predicted octanol–water partition coefficient (Wildman–Crippen LogP) is 2.19. The molecule has 2 aromatic rings. The highest BCUT2D eigenvalue weighted by molar-refractivity contribution is 6.35. The van der Waals surface area contributed by atoms with Crippen molar-refractivity contribution in [2.75, 3.05) is 36.9 Å². The Morgan fingerprint density at radius 1 is 1.11 bits per heavy atom. The summed E-state index contributed by atoms with van der Waals surface area (Å²) >= 11 is 12.5. The largest absolute Gasteiger partial charge is 0.383 e. The molecule has 146 valence electrons. The van der Waals surface area contributed by atoms with E-state index in [4.69, 9.17) is 33.7 Å². The Kier molecular flexibility index (Phi) is 6.14. The summed E-state index contributed by atoms with van der Waals surface area (Å²) in [6.45, 7) is 4.42. The zero-order chi connectivity index (χ0) is 19.6. The smallest absolute Gasteiger partial charge is 0.332 e. The van der Waals surface area contributed by atoms with Gasteiger partial charge in [0.25, 0.3) is 5.56 Å². The number of rotatable bonds is 5. The van der Waals surface area contributed by atoms with Crippen LogP contribution in [0.5, 0.6) is 0 Å². The minimum atomic E-state index is -0.465. The Balaban J connectivity index is 2.19. The standard InChI is InChI=1S/C18H22Cl2N4O3/c1-2-6-23-16(21)15(22-7-9-27-10-8-22)17(25)24(18(23)26)11-12-13(19)4-3-5-14(12)20/h3-5H,2,6-11,21H2,1H3. The lowest BCUT2D eigenvalue weighted by molar-refractivity contribution is 0.122. The fraction of sp³-hybridized carbons (Fsp3) is 0.444. The van der Waals surface area contributed by atoms with Gasteiger partial charge in [-0.05, 0) is 18.6 Å². The van der Waals surface area contributed by atoms with Gasteiger partial charge in [0.1, 0.15) is 11.5 Å². The first-order valence-corrected chi connectivity index (χ1v) is 9.60. The summed E-state index contributed by atoms with van der Waals surface area (Å²) in [5, 5.41) is 0.807. The molecule has 0 radical (unpaired) electrons. The van der Waals surface area contributed by atoms with Gasteiger partial charge in [-0.15, -0.1) is 0 Å². The van der Waals surface area contributed by atoms with Crippen LogP contribution in [0, 0.1) is 0 Å². The highest BCUT2D eigenvalue weighted by Crippen LogP contribution is 2.25. The molecule has 0 amide bonds. The van der Waals surface area contributed by atoms with Gasteiger partial charge in [-0.1, -0.05) is 36.2 Å². The highest BCUT2D eigenvalue weighted by atomic mass is 35.5. The molecule has 2 heterocycles. The first-order valence-electron chi connectivity index (χ1n) is 8.84. The average molecular weight is 413 g/mol. The number of benzene rings is 1. The molecular weight excluding hydrogens is 391 g/mol. The third-order valence-corrected chi connectivity index (χ3v) is 5.30. The molecule has 27 heavy (non-hydrogen) atoms. The Hall–Kier alpha value is -1.96. The number of nitrogen functional groups attached to an aromatic ring is 1. The molecule has 1 aliphatic heterocycles. The fourth-order valence-corrected chi connectivity index (χ4v) is 3.72. The van der Waals surface area contributed by atoms with Gasteiger partial charge in [-0.25, -0.2) is 4.79 Å². The van der Waals surface area contributed by atoms with Crippen molar-refractivity contribution in [3.63, 3.8) is 0 Å². The van der Waals surface area contributed by atoms with Gasteiger partial charge in [0.05, 0.1) is 19.8 Å². The maximum absolute atomic E-state index is 13.2. The van der Waals surface area contributed by atoms with Crippen LogP contribution >= 0.6 is 23.2 Å². The lowest BCUT2D eigenvalue weighted by atomic mass is 10.2. The SMILES string of the molecule is CCCn1c(N)c(N2CCOCC2)c(=O)n(Cc2c(Cl)cccc2Cl)c1=O. The van der Waals surface area contributed by atoms with Crippen LogP contribution in [0.15, 0.2) is 27.8 Å². The second-order valence-electron chi connectivity index (χ2n) is 6.36. The number of ether oxygens (including phenoxy) is 1. The van der Waals surface area contributed by atoms with E-state index in [-0.39, 0.29) is 12.4 Å². The van der Waals surface area contributed by atoms with Crippen molar-refractivity contribution < 1.29 is 4.74 Å². The molecular formula is C18H22Cl2N4O3. The molecule has 1 saturated heterocycles. The second kappa shape index (κ2) is 8.37. The van der Waals surface area contributed by atoms with Crippen molar-refractivity contribution in [3.05, 3.63) is 54.6 Å². The van der Waals surface area contributed by atoms with Crippen LogP contribution in [0.2, 0.25) is 10.0 Å². The molecule has 9 heteroatoms. The molecule has 7 nitrogen and oxygen atoms in total. The van der Waals surface area contributed by atoms with Crippen LogP contribution in [0.4, 0.5) is 11.5 Å². The summed E-state index contributed by atoms with van der Waals surface area (Å²) in [6.07, 6.45) is 0.706. The van der Waals surface area contributed by atoms with E-state index in [0.717, 1.165) is 4.57 Å². The van der Waals surface area contributed by atoms with Crippen LogP contribution < -0.4 is 21.9 Å². The van der Waals surface area contributed by atoms with Gasteiger partial charge in [0, 0.05) is 35.2 Å². The van der Waals surface area contributed by atoms with Crippen molar-refractivity contribution >= 4 is 34.7 Å². The van der Waals surface area contributed by atoms with Crippen molar-refractivity contribution in [1.82, 2.24) is 9.13 Å². The van der Waals surface area contributed by atoms with E-state index in [0.29, 0.717) is 60.6 Å². The zero-order valence-corrected chi connectivity index (χ0v) is 16.6. The topological polar surface area (TPSA) is 82.5 Å². The predicted molar refractivity (Wildman–Crippen MR) is 108 cm³/mol. The maximum Gasteiger partial charge on any atom is 0.332 e. The molecule has 0 atom stereocenters. The molecule has 1 aromatic carbocycles. The fourth-order valence-electron chi connectivity index (χ4n) is 3.21. The third-order valence-electron chi connectivity index (χ3n) is 4.60. The Labute approximate surface area is 166 Å². The molecule has 2 N–H and O–H groups in total. The molecule has 0 bridgehead atoms. The van der Waals surface area contributed by atoms with E-state index >= 15 is 0 Å². The van der Waals surface area contributed by atoms with Crippen LogP contribution in [0.3, 0.4) is 0 Å². The van der Waals surface area contributed by atoms with E-state index < -0.39 is 11.2 Å². The molecule has 1 aromatic heterocycles. The van der Waals surface area contributed by atoms with Crippen LogP contribution in [-0.2, 0) is 17.8 Å². The van der Waals surface area contributed by atoms with Gasteiger partial charge in [-0.2, -0.15) is 0 Å². The Morgan fingerprint density at radius 3 is 2.33 bits per heavy atom. The van der Waals surface area contributed by atoms with Crippen molar-refractivity contribution in [2.24, 2.45) is 0 Å². The van der Waals surface area contributed by atoms with Gasteiger partial charge >= 0.3 is 5.69 Å². The van der Waals surface area contributed by atoms with E-state index in [9.17, 15) is 9.59 Å². The van der Waals surface area contributed by atoms with Gasteiger partial charge in [0.15, 0.2) is 0 Å². The molecule has 0 unspecified atom stereocenters. The summed E-state index contributed by atoms with van der Waals surface area (Å²) in [6, 6.07) is 5.07. The van der Waals surface area contributed by atoms with Gasteiger partial charge in [0.2, 0.25) is 0 Å². The number of anilines is 2. The lowest BCUT2D eigenvalue weighted by Gasteiger charge is -2.30. The van der Waals surface area contributed by atoms with Crippen LogP contribution in [0.1, 0.15) is 18.9 Å². The third kappa shape index (κ3) is 3.85. The first-order chi connectivity index (χ1) is 13.0. The van der Waals surface area contributed by atoms with Crippen LogP contribution in [0.25, 0.3) is 0 Å². The molecule has 0 aliphatic carbocycles. The second-order valence-corrected chi connectivity index (χ2v) is 7.17. The summed E-state index contributed by atoms with van der Waals surface area (Å²) in [5.41, 5.74) is 6.19. The average Bonchev–Trinajstić information content (AvgIpc) is 2.65. The minimum Gasteiger partial charge on any atom is -0.383 e. The monoisotopic (exact) mass is 412 g/mol. The number of morpholine rings is 1. The van der Waals surface area contributed by atoms with E-state index in [1.165, 1.54) is 4.57 Å². The number of nitrogens with zero attached hydrogens (tertiary/aromatic N) is 3. The number of nitrogens with two attached hydrogens (primary N) is 1. The van der Waals surface area contributed by atoms with E-state index in [1.807, 2.05) is 11.8 Å². The van der Waals surface area contributed by atoms with Crippen molar-refractivity contribution in [1.29, 1.82) is 0 Å². The van der Waals surface area contributed by atoms with Crippen LogP contribution in [-0.4, -0.2) is 35.4 Å². The normalized spacial score (nSPS) is 14.6. The maximum atomic E-state index is 13.2. The van der Waals surface area contributed by atoms with Crippen molar-refractivity contribution in [3.8, 4) is 0 Å². The quantitative estimate of drug-likeness (QED) is 0.813. The molecule has 0 saturated carbocycles. The van der Waals surface area contributed by atoms with E-state index in [2.05, 4.69) is 0 Å². The number of aromatic nitrogens is 2. The summed E-state index contributed by atoms with van der Waals surface area (Å²) < 4.78 is 7.96. The van der Waals surface area contributed by atoms with Gasteiger partial charge < -0.3 is 15.4 Å². The Morgan fingerprint density at radius 2 is 1.74 bits per heavy atom. The molecule has 1 fully saturated rings. The summed E-state index contributed by atoms with van der Waals surface area (Å²) in [5.74, 6) is 0.190. The Bertz CT molecular complexity index is 929. The summed E-state index contributed by atoms with van der Waals surface area (Å²) in [4.78, 5) is 28.0. The zero-order valence-electron chi connectivity index (χ0n) is 15.1. The number of hydrogen-bond donors (Lipinski definition) is 1. The van der Waals surface area contributed by atoms with E-state index in [1.54, 1.807) is 18.2 Å². The van der Waals surface area contributed by atoms with Gasteiger partial charge in [-0.3, -0.25) is 13.9 Å². The molecule has 3 rings (SSSR count). The number of halogens is 2. The highest BCUT2D eigenvalue weighted by Gasteiger charge is 2.24.